The molecule has 1 aromatic rings. The third-order valence-corrected chi connectivity index (χ3v) is 5.66. The van der Waals surface area contributed by atoms with Crippen LogP contribution in [-0.2, 0) is 14.3 Å². The van der Waals surface area contributed by atoms with Crippen LogP contribution in [0.2, 0.25) is 0 Å². The second kappa shape index (κ2) is 11.1. The van der Waals surface area contributed by atoms with Gasteiger partial charge in [-0.1, -0.05) is 42.0 Å². The van der Waals surface area contributed by atoms with Gasteiger partial charge in [-0.05, 0) is 71.6 Å². The van der Waals surface area contributed by atoms with E-state index in [1.165, 1.54) is 7.11 Å². The van der Waals surface area contributed by atoms with Crippen molar-refractivity contribution in [3.8, 4) is 5.75 Å². The molecule has 1 aliphatic carbocycles. The maximum Gasteiger partial charge on any atom is 0.176 e. The van der Waals surface area contributed by atoms with Crippen LogP contribution < -0.4 is 4.74 Å². The van der Waals surface area contributed by atoms with E-state index in [0.717, 1.165) is 16.7 Å². The van der Waals surface area contributed by atoms with Crippen LogP contribution in [0.3, 0.4) is 0 Å². The highest BCUT2D eigenvalue weighted by Gasteiger charge is 2.46. The van der Waals surface area contributed by atoms with E-state index in [2.05, 4.69) is 18.7 Å². The molecule has 0 radical (unpaired) electrons. The molecule has 0 spiro atoms. The lowest BCUT2D eigenvalue weighted by molar-refractivity contribution is -0.131. The van der Waals surface area contributed by atoms with Crippen LogP contribution in [0.25, 0.3) is 5.76 Å². The number of methoxy groups -OCH3 is 1. The van der Waals surface area contributed by atoms with Crippen molar-refractivity contribution in [2.45, 2.75) is 60.3 Å². The van der Waals surface area contributed by atoms with Crippen molar-refractivity contribution in [1.82, 2.24) is 0 Å². The van der Waals surface area contributed by atoms with E-state index in [-0.39, 0.29) is 22.9 Å². The molecule has 0 aliphatic heterocycles. The number of allylic oxidation sites excluding steroid dienone is 5. The Bertz CT molecular complexity index is 947. The summed E-state index contributed by atoms with van der Waals surface area (Å²) in [6, 6.07) is 7.34. The summed E-state index contributed by atoms with van der Waals surface area (Å²) in [4.78, 5) is 27.0. The Balaban J connectivity index is 2.65. The van der Waals surface area contributed by atoms with E-state index in [0.29, 0.717) is 43.6 Å². The fourth-order valence-corrected chi connectivity index (χ4v) is 3.81. The number of rotatable bonds is 9. The topological polar surface area (TPSA) is 52.6 Å². The maximum atomic E-state index is 14.0. The Hall–Kier alpha value is -2.88. The van der Waals surface area contributed by atoms with Gasteiger partial charge in [0.25, 0.3) is 0 Å². The Kier molecular flexibility index (Phi) is 8.82. The number of ether oxygens (including phenoxy) is 2. The van der Waals surface area contributed by atoms with Crippen molar-refractivity contribution in [2.75, 3.05) is 13.7 Å². The average molecular weight is 437 g/mol. The molecule has 0 heterocycles. The third kappa shape index (κ3) is 6.09. The number of ketones is 2. The molecule has 0 bridgehead atoms. The minimum Gasteiger partial charge on any atom is -0.495 e. The van der Waals surface area contributed by atoms with Crippen LogP contribution in [0, 0.1) is 5.41 Å². The number of hydrogen-bond donors (Lipinski definition) is 0. The molecule has 1 aliphatic rings. The Morgan fingerprint density at radius 1 is 1.03 bits per heavy atom. The van der Waals surface area contributed by atoms with Crippen molar-refractivity contribution >= 4 is 17.3 Å². The number of hydrogen-bond acceptors (Lipinski definition) is 4. The van der Waals surface area contributed by atoms with E-state index < -0.39 is 5.41 Å². The first kappa shape index (κ1) is 25.4. The van der Waals surface area contributed by atoms with Crippen molar-refractivity contribution in [2.24, 2.45) is 5.41 Å². The second-order valence-corrected chi connectivity index (χ2v) is 9.15. The van der Waals surface area contributed by atoms with Crippen LogP contribution in [-0.4, -0.2) is 25.3 Å². The minimum absolute atomic E-state index is 0.143. The zero-order chi connectivity index (χ0) is 23.9. The summed E-state index contributed by atoms with van der Waals surface area (Å²) >= 11 is 0. The summed E-state index contributed by atoms with van der Waals surface area (Å²) in [5.41, 5.74) is 3.28. The van der Waals surface area contributed by atoms with Crippen LogP contribution in [0.5, 0.6) is 5.75 Å². The van der Waals surface area contributed by atoms with Gasteiger partial charge in [0.2, 0.25) is 0 Å². The van der Waals surface area contributed by atoms with Gasteiger partial charge in [0, 0.05) is 11.8 Å². The van der Waals surface area contributed by atoms with Crippen LogP contribution in [0.4, 0.5) is 0 Å². The molecular formula is C28H36O4. The van der Waals surface area contributed by atoms with Crippen molar-refractivity contribution in [1.29, 1.82) is 0 Å². The molecule has 0 aromatic heterocycles. The first-order chi connectivity index (χ1) is 15.1. The molecule has 1 fully saturated rings. The Labute approximate surface area is 192 Å². The van der Waals surface area contributed by atoms with Gasteiger partial charge in [-0.25, -0.2) is 0 Å². The van der Waals surface area contributed by atoms with Crippen LogP contribution >= 0.6 is 0 Å². The molecule has 0 atom stereocenters. The molecule has 4 nitrogen and oxygen atoms in total. The third-order valence-electron chi connectivity index (χ3n) is 5.66. The highest BCUT2D eigenvalue weighted by molar-refractivity contribution is 6.28. The summed E-state index contributed by atoms with van der Waals surface area (Å²) in [6.07, 6.45) is 6.24. The van der Waals surface area contributed by atoms with E-state index in [1.807, 2.05) is 58.9 Å². The lowest BCUT2D eigenvalue weighted by Crippen LogP contribution is -2.39. The molecule has 1 aromatic carbocycles. The zero-order valence-corrected chi connectivity index (χ0v) is 20.3. The van der Waals surface area contributed by atoms with Gasteiger partial charge >= 0.3 is 0 Å². The molecule has 4 heteroatoms. The molecular weight excluding hydrogens is 400 g/mol. The Morgan fingerprint density at radius 3 is 2.16 bits per heavy atom. The van der Waals surface area contributed by atoms with E-state index in [9.17, 15) is 9.59 Å². The molecule has 0 unspecified atom stereocenters. The summed E-state index contributed by atoms with van der Waals surface area (Å²) in [7, 11) is 1.50. The van der Waals surface area contributed by atoms with Gasteiger partial charge in [0.15, 0.2) is 11.6 Å². The quantitative estimate of drug-likeness (QED) is 0.189. The largest absolute Gasteiger partial charge is 0.495 e. The predicted molar refractivity (Wildman–Crippen MR) is 130 cm³/mol. The number of Topliss-reactive ketones (excluding diaryl/α,β-unsaturated/α-hetero) is 2. The molecule has 0 amide bonds. The summed E-state index contributed by atoms with van der Waals surface area (Å²) < 4.78 is 11.6. The SMILES string of the molecule is C=C(C)COc1ccccc1/C(OC)=C1\C(=O)CCC(CC=C(C)C)(CC=C(C)C)C1=O. The molecule has 32 heavy (non-hydrogen) atoms. The van der Waals surface area contributed by atoms with Gasteiger partial charge in [-0.15, -0.1) is 0 Å². The zero-order valence-electron chi connectivity index (χ0n) is 20.3. The molecule has 172 valence electrons. The normalized spacial score (nSPS) is 16.8. The number of carbonyl (C=O) groups is 2. The van der Waals surface area contributed by atoms with Gasteiger partial charge in [0.05, 0.1) is 12.7 Å². The molecule has 0 saturated heterocycles. The molecule has 2 rings (SSSR count). The number of carbonyl (C=O) groups excluding carboxylic acids is 2. The van der Waals surface area contributed by atoms with E-state index >= 15 is 0 Å². The minimum atomic E-state index is -0.658. The second-order valence-electron chi connectivity index (χ2n) is 9.15. The fraction of sp³-hybridized carbons (Fsp3) is 0.429. The highest BCUT2D eigenvalue weighted by Crippen LogP contribution is 2.44. The van der Waals surface area contributed by atoms with Gasteiger partial charge < -0.3 is 9.47 Å². The average Bonchev–Trinajstić information content (AvgIpc) is 2.74. The predicted octanol–water partition coefficient (Wildman–Crippen LogP) is 6.63. The molecule has 0 N–H and O–H groups in total. The van der Waals surface area contributed by atoms with Gasteiger partial charge in [0.1, 0.15) is 23.7 Å². The Morgan fingerprint density at radius 2 is 1.62 bits per heavy atom. The molecule has 1 saturated carbocycles. The smallest absolute Gasteiger partial charge is 0.176 e. The first-order valence-corrected chi connectivity index (χ1v) is 11.1. The summed E-state index contributed by atoms with van der Waals surface area (Å²) in [5, 5.41) is 0. The van der Waals surface area contributed by atoms with Gasteiger partial charge in [-0.2, -0.15) is 0 Å². The van der Waals surface area contributed by atoms with Crippen LogP contribution in [0.1, 0.15) is 65.9 Å². The lowest BCUT2D eigenvalue weighted by Gasteiger charge is -2.36. The number of benzene rings is 1. The monoisotopic (exact) mass is 436 g/mol. The van der Waals surface area contributed by atoms with Crippen molar-refractivity contribution in [3.05, 3.63) is 70.9 Å². The highest BCUT2D eigenvalue weighted by atomic mass is 16.5. The summed E-state index contributed by atoms with van der Waals surface area (Å²) in [6.45, 7) is 14.2. The van der Waals surface area contributed by atoms with E-state index in [4.69, 9.17) is 9.47 Å². The summed E-state index contributed by atoms with van der Waals surface area (Å²) in [5.74, 6) is 0.530. The van der Waals surface area contributed by atoms with Crippen LogP contribution in [0.15, 0.2) is 65.3 Å². The van der Waals surface area contributed by atoms with Crippen molar-refractivity contribution in [3.63, 3.8) is 0 Å². The lowest BCUT2D eigenvalue weighted by atomic mass is 9.65. The van der Waals surface area contributed by atoms with E-state index in [1.54, 1.807) is 0 Å². The fourth-order valence-electron chi connectivity index (χ4n) is 3.81. The standard InChI is InChI=1S/C28H36O4/c1-19(2)12-15-28(16-13-20(3)4)17-14-23(29)25(27(28)30)26(31-7)22-10-8-9-11-24(22)32-18-21(5)6/h8-13H,5,14-18H2,1-4,6-7H3/b26-25-. The number of para-hydroxylation sites is 1. The van der Waals surface area contributed by atoms with Crippen molar-refractivity contribution < 1.29 is 19.1 Å². The maximum absolute atomic E-state index is 14.0. The van der Waals surface area contributed by atoms with Gasteiger partial charge in [-0.3, -0.25) is 9.59 Å². The first-order valence-electron chi connectivity index (χ1n) is 11.1.